The summed E-state index contributed by atoms with van der Waals surface area (Å²) in [5, 5.41) is 10.4. The Kier molecular flexibility index (Phi) is 12.2. The van der Waals surface area contributed by atoms with Crippen molar-refractivity contribution in [1.82, 2.24) is 4.90 Å². The minimum atomic E-state index is -0.179. The predicted octanol–water partition coefficient (Wildman–Crippen LogP) is 5.49. The molecule has 0 amide bonds. The summed E-state index contributed by atoms with van der Waals surface area (Å²) < 4.78 is 5.50. The van der Waals surface area contributed by atoms with Gasteiger partial charge in [0, 0.05) is 32.7 Å². The Balaban J connectivity index is 1.51. The van der Waals surface area contributed by atoms with Crippen molar-refractivity contribution in [2.75, 3.05) is 44.7 Å². The SMILES string of the molecule is CCCCCCCCCCCCC(O)CN1CCN(c2ccccc2OC)CC1. The first-order chi connectivity index (χ1) is 14.2. The van der Waals surface area contributed by atoms with E-state index in [4.69, 9.17) is 4.74 Å². The zero-order chi connectivity index (χ0) is 20.7. The number of aliphatic hydroxyl groups excluding tert-OH is 1. The summed E-state index contributed by atoms with van der Waals surface area (Å²) in [6, 6.07) is 8.25. The first-order valence-electron chi connectivity index (χ1n) is 12.0. The van der Waals surface area contributed by atoms with Crippen LogP contribution >= 0.6 is 0 Å². The number of para-hydroxylation sites is 2. The molecule has 1 aromatic rings. The summed E-state index contributed by atoms with van der Waals surface area (Å²) >= 11 is 0. The molecule has 0 bridgehead atoms. The van der Waals surface area contributed by atoms with Gasteiger partial charge < -0.3 is 14.7 Å². The molecule has 1 fully saturated rings. The third-order valence-corrected chi connectivity index (χ3v) is 6.16. The van der Waals surface area contributed by atoms with E-state index in [2.05, 4.69) is 28.9 Å². The van der Waals surface area contributed by atoms with Crippen molar-refractivity contribution < 1.29 is 9.84 Å². The van der Waals surface area contributed by atoms with Crippen LogP contribution in [0.25, 0.3) is 0 Å². The second kappa shape index (κ2) is 14.7. The minimum absolute atomic E-state index is 0.179. The summed E-state index contributed by atoms with van der Waals surface area (Å²) in [5.41, 5.74) is 1.18. The van der Waals surface area contributed by atoms with Gasteiger partial charge in [-0.15, -0.1) is 0 Å². The topological polar surface area (TPSA) is 35.9 Å². The van der Waals surface area contributed by atoms with Crippen LogP contribution in [-0.4, -0.2) is 55.9 Å². The highest BCUT2D eigenvalue weighted by molar-refractivity contribution is 5.58. The standard InChI is InChI=1S/C25H44N2O2/c1-3-4-5-6-7-8-9-10-11-12-15-23(28)22-26-18-20-27(21-19-26)24-16-13-14-17-25(24)29-2/h13-14,16-17,23,28H,3-12,15,18-22H2,1-2H3. The lowest BCUT2D eigenvalue weighted by Gasteiger charge is -2.37. The van der Waals surface area contributed by atoms with Crippen LogP contribution in [-0.2, 0) is 0 Å². The Hall–Kier alpha value is -1.26. The quantitative estimate of drug-likeness (QED) is 0.392. The lowest BCUT2D eigenvalue weighted by molar-refractivity contribution is 0.0996. The highest BCUT2D eigenvalue weighted by Crippen LogP contribution is 2.28. The number of piperazine rings is 1. The van der Waals surface area contributed by atoms with Crippen molar-refractivity contribution in [2.24, 2.45) is 0 Å². The lowest BCUT2D eigenvalue weighted by Crippen LogP contribution is -2.48. The number of anilines is 1. The summed E-state index contributed by atoms with van der Waals surface area (Å²) in [4.78, 5) is 4.80. The molecule has 2 rings (SSSR count). The molecular weight excluding hydrogens is 360 g/mol. The van der Waals surface area contributed by atoms with Gasteiger partial charge >= 0.3 is 0 Å². The summed E-state index contributed by atoms with van der Waals surface area (Å²) in [6.07, 6.45) is 14.3. The smallest absolute Gasteiger partial charge is 0.142 e. The number of benzene rings is 1. The van der Waals surface area contributed by atoms with E-state index in [1.807, 2.05) is 12.1 Å². The van der Waals surface area contributed by atoms with E-state index in [0.717, 1.165) is 51.3 Å². The first kappa shape index (κ1) is 24.0. The van der Waals surface area contributed by atoms with Crippen molar-refractivity contribution in [3.05, 3.63) is 24.3 Å². The van der Waals surface area contributed by atoms with Gasteiger partial charge in [-0.2, -0.15) is 0 Å². The maximum Gasteiger partial charge on any atom is 0.142 e. The highest BCUT2D eigenvalue weighted by Gasteiger charge is 2.21. The van der Waals surface area contributed by atoms with Crippen molar-refractivity contribution in [3.63, 3.8) is 0 Å². The van der Waals surface area contributed by atoms with Crippen LogP contribution in [0, 0.1) is 0 Å². The van der Waals surface area contributed by atoms with Crippen molar-refractivity contribution >= 4 is 5.69 Å². The summed E-state index contributed by atoms with van der Waals surface area (Å²) in [5.74, 6) is 0.946. The molecule has 0 radical (unpaired) electrons. The first-order valence-corrected chi connectivity index (χ1v) is 12.0. The molecule has 0 spiro atoms. The fraction of sp³-hybridized carbons (Fsp3) is 0.760. The van der Waals surface area contributed by atoms with Crippen LogP contribution in [0.1, 0.15) is 77.6 Å². The maximum atomic E-state index is 10.4. The van der Waals surface area contributed by atoms with Gasteiger partial charge in [-0.3, -0.25) is 4.90 Å². The van der Waals surface area contributed by atoms with Crippen molar-refractivity contribution in [1.29, 1.82) is 0 Å². The monoisotopic (exact) mass is 404 g/mol. The van der Waals surface area contributed by atoms with Gasteiger partial charge in [-0.25, -0.2) is 0 Å². The molecule has 1 aliphatic heterocycles. The van der Waals surface area contributed by atoms with Gasteiger partial charge in [0.05, 0.1) is 18.9 Å². The molecule has 0 aliphatic carbocycles. The van der Waals surface area contributed by atoms with Gasteiger partial charge in [0.2, 0.25) is 0 Å². The number of ether oxygens (including phenoxy) is 1. The third kappa shape index (κ3) is 9.39. The molecule has 1 unspecified atom stereocenters. The zero-order valence-corrected chi connectivity index (χ0v) is 19.0. The van der Waals surface area contributed by atoms with Gasteiger partial charge in [0.1, 0.15) is 5.75 Å². The molecule has 1 aromatic carbocycles. The predicted molar refractivity (Wildman–Crippen MR) is 124 cm³/mol. The number of hydrogen-bond acceptors (Lipinski definition) is 4. The third-order valence-electron chi connectivity index (χ3n) is 6.16. The minimum Gasteiger partial charge on any atom is -0.495 e. The average molecular weight is 405 g/mol. The Labute approximate surface area is 179 Å². The molecule has 166 valence electrons. The van der Waals surface area contributed by atoms with Gasteiger partial charge in [-0.1, -0.05) is 83.3 Å². The molecule has 1 heterocycles. The number of rotatable bonds is 15. The molecule has 29 heavy (non-hydrogen) atoms. The Morgan fingerprint density at radius 2 is 1.45 bits per heavy atom. The lowest BCUT2D eigenvalue weighted by atomic mass is 10.0. The Morgan fingerprint density at radius 1 is 0.862 bits per heavy atom. The zero-order valence-electron chi connectivity index (χ0n) is 19.0. The van der Waals surface area contributed by atoms with E-state index < -0.39 is 0 Å². The van der Waals surface area contributed by atoms with E-state index in [1.165, 1.54) is 63.5 Å². The number of unbranched alkanes of at least 4 members (excludes halogenated alkanes) is 9. The van der Waals surface area contributed by atoms with E-state index in [-0.39, 0.29) is 6.10 Å². The Bertz CT molecular complexity index is 529. The van der Waals surface area contributed by atoms with Crippen LogP contribution in [0.15, 0.2) is 24.3 Å². The van der Waals surface area contributed by atoms with E-state index >= 15 is 0 Å². The maximum absolute atomic E-state index is 10.4. The van der Waals surface area contributed by atoms with Crippen molar-refractivity contribution in [3.8, 4) is 5.75 Å². The van der Waals surface area contributed by atoms with Gasteiger partial charge in [0.15, 0.2) is 0 Å². The normalized spacial score (nSPS) is 16.2. The molecule has 0 aromatic heterocycles. The number of hydrogen-bond donors (Lipinski definition) is 1. The van der Waals surface area contributed by atoms with Gasteiger partial charge in [-0.05, 0) is 18.6 Å². The molecule has 4 heteroatoms. The fourth-order valence-electron chi connectivity index (χ4n) is 4.32. The molecule has 1 N–H and O–H groups in total. The molecule has 4 nitrogen and oxygen atoms in total. The molecule has 0 saturated carbocycles. The average Bonchev–Trinajstić information content (AvgIpc) is 2.75. The molecular formula is C25H44N2O2. The van der Waals surface area contributed by atoms with Crippen LogP contribution in [0.3, 0.4) is 0 Å². The van der Waals surface area contributed by atoms with Crippen LogP contribution < -0.4 is 9.64 Å². The van der Waals surface area contributed by atoms with E-state index in [0.29, 0.717) is 0 Å². The summed E-state index contributed by atoms with van der Waals surface area (Å²) in [7, 11) is 1.74. The van der Waals surface area contributed by atoms with E-state index in [9.17, 15) is 5.11 Å². The Morgan fingerprint density at radius 3 is 2.07 bits per heavy atom. The molecule has 1 saturated heterocycles. The van der Waals surface area contributed by atoms with Crippen LogP contribution in [0.2, 0.25) is 0 Å². The van der Waals surface area contributed by atoms with Crippen molar-refractivity contribution in [2.45, 2.75) is 83.7 Å². The highest BCUT2D eigenvalue weighted by atomic mass is 16.5. The number of aliphatic hydroxyl groups is 1. The number of methoxy groups -OCH3 is 1. The van der Waals surface area contributed by atoms with E-state index in [1.54, 1.807) is 7.11 Å². The van der Waals surface area contributed by atoms with Crippen LogP contribution in [0.5, 0.6) is 5.75 Å². The van der Waals surface area contributed by atoms with Gasteiger partial charge in [0.25, 0.3) is 0 Å². The number of nitrogens with zero attached hydrogens (tertiary/aromatic N) is 2. The second-order valence-electron chi connectivity index (χ2n) is 8.58. The van der Waals surface area contributed by atoms with Crippen LogP contribution in [0.4, 0.5) is 5.69 Å². The largest absolute Gasteiger partial charge is 0.495 e. The fourth-order valence-corrected chi connectivity index (χ4v) is 4.32. The summed E-state index contributed by atoms with van der Waals surface area (Å²) in [6.45, 7) is 7.09. The molecule has 1 aliphatic rings. The second-order valence-corrected chi connectivity index (χ2v) is 8.58. The molecule has 1 atom stereocenters. The number of β-amino-alcohol motifs (C(OH)–C–C–N with tert-alkyl or cyclic N) is 1.